The molecule has 0 aromatic rings. The summed E-state index contributed by atoms with van der Waals surface area (Å²) in [4.78, 5) is 4.24. The van der Waals surface area contributed by atoms with Crippen molar-refractivity contribution >= 4 is 5.71 Å². The molecule has 0 aliphatic heterocycles. The molecule has 0 aromatic heterocycles. The highest BCUT2D eigenvalue weighted by molar-refractivity contribution is 5.78. The summed E-state index contributed by atoms with van der Waals surface area (Å²) in [5.41, 5.74) is 0.685. The van der Waals surface area contributed by atoms with E-state index in [0.29, 0.717) is 5.71 Å². The largest absolute Gasteiger partial charge is 0.411 e. The monoisotopic (exact) mass is 233 g/mol. The fourth-order valence-corrected chi connectivity index (χ4v) is 0.596. The second-order valence-corrected chi connectivity index (χ2v) is 4.27. The predicted octanol–water partition coefficient (Wildman–Crippen LogP) is 0.983. The van der Waals surface area contributed by atoms with Crippen LogP contribution in [0, 0.1) is 0 Å². The van der Waals surface area contributed by atoms with Gasteiger partial charge < -0.3 is 19.7 Å². The van der Waals surface area contributed by atoms with Crippen molar-refractivity contribution in [2.24, 2.45) is 5.16 Å². The molecule has 0 aromatic carbocycles. The summed E-state index contributed by atoms with van der Waals surface area (Å²) in [7, 11) is 8.20. The lowest BCUT2D eigenvalue weighted by Crippen LogP contribution is -2.22. The topological polar surface area (TPSA) is 48.3 Å². The normalized spacial score (nSPS) is 10.0. The first-order valence-electron chi connectivity index (χ1n) is 5.42. The van der Waals surface area contributed by atoms with Gasteiger partial charge in [-0.15, -0.1) is 0 Å². The highest BCUT2D eigenvalue weighted by Gasteiger charge is 1.91. The Morgan fingerprint density at radius 2 is 1.31 bits per heavy atom. The summed E-state index contributed by atoms with van der Waals surface area (Å²) in [6.07, 6.45) is 0. The van der Waals surface area contributed by atoms with Gasteiger partial charge in [0.2, 0.25) is 0 Å². The fraction of sp³-hybridized carbons (Fsp3) is 0.909. The summed E-state index contributed by atoms with van der Waals surface area (Å²) in [5.74, 6) is 0. The number of nitrogens with zero attached hydrogens (tertiary/aromatic N) is 3. The van der Waals surface area contributed by atoms with Crippen LogP contribution in [0.15, 0.2) is 5.16 Å². The minimum atomic E-state index is 0.685. The third-order valence-corrected chi connectivity index (χ3v) is 1.57. The van der Waals surface area contributed by atoms with Crippen LogP contribution in [0.25, 0.3) is 0 Å². The maximum absolute atomic E-state index is 7.73. The molecule has 0 fully saturated rings. The van der Waals surface area contributed by atoms with Gasteiger partial charge in [-0.1, -0.05) is 5.16 Å². The molecule has 0 aliphatic rings. The number of ether oxygens (including phenoxy) is 1. The molecule has 16 heavy (non-hydrogen) atoms. The second kappa shape index (κ2) is 12.4. The van der Waals surface area contributed by atoms with Gasteiger partial charge in [-0.25, -0.2) is 0 Å². The average Bonchev–Trinajstić information content (AvgIpc) is 2.17. The maximum Gasteiger partial charge on any atom is 0.0593 e. The summed E-state index contributed by atoms with van der Waals surface area (Å²) >= 11 is 0. The standard InChI is InChI=1S/C8H20N2O.C3H7NO/c1-9(2)5-7-11-8-6-10(3)4;1-3(2)4-5/h5-8H2,1-4H3;5H,1-2H3. The van der Waals surface area contributed by atoms with Gasteiger partial charge in [0.1, 0.15) is 0 Å². The van der Waals surface area contributed by atoms with Gasteiger partial charge in [0.25, 0.3) is 0 Å². The highest BCUT2D eigenvalue weighted by Crippen LogP contribution is 1.80. The van der Waals surface area contributed by atoms with Crippen LogP contribution in [-0.2, 0) is 4.74 Å². The van der Waals surface area contributed by atoms with E-state index >= 15 is 0 Å². The van der Waals surface area contributed by atoms with Crippen molar-refractivity contribution in [1.29, 1.82) is 0 Å². The fourth-order valence-electron chi connectivity index (χ4n) is 0.596. The quantitative estimate of drug-likeness (QED) is 0.321. The highest BCUT2D eigenvalue weighted by atomic mass is 16.5. The molecule has 0 aliphatic carbocycles. The van der Waals surface area contributed by atoms with Crippen molar-refractivity contribution < 1.29 is 9.94 Å². The molecule has 0 atom stereocenters. The number of rotatable bonds is 6. The Kier molecular flexibility index (Phi) is 13.8. The number of likely N-dealkylation sites (N-methyl/N-ethyl adjacent to an activating group) is 2. The van der Waals surface area contributed by atoms with E-state index in [2.05, 4.69) is 43.1 Å². The molecule has 0 unspecified atom stereocenters. The summed E-state index contributed by atoms with van der Waals surface area (Å²) in [6, 6.07) is 0. The van der Waals surface area contributed by atoms with Crippen LogP contribution >= 0.6 is 0 Å². The molecule has 0 rings (SSSR count). The van der Waals surface area contributed by atoms with E-state index in [1.807, 2.05) is 0 Å². The van der Waals surface area contributed by atoms with Crippen molar-refractivity contribution in [1.82, 2.24) is 9.80 Å². The van der Waals surface area contributed by atoms with Crippen LogP contribution in [0.4, 0.5) is 0 Å². The van der Waals surface area contributed by atoms with E-state index in [-0.39, 0.29) is 0 Å². The SMILES string of the molecule is CC(C)=NO.CN(C)CCOCCN(C)C. The molecule has 0 saturated carbocycles. The first-order valence-corrected chi connectivity index (χ1v) is 5.42. The van der Waals surface area contributed by atoms with Crippen LogP contribution in [0.3, 0.4) is 0 Å². The van der Waals surface area contributed by atoms with Gasteiger partial charge in [-0.2, -0.15) is 0 Å². The van der Waals surface area contributed by atoms with Gasteiger partial charge in [0.05, 0.1) is 18.9 Å². The number of oxime groups is 1. The zero-order valence-corrected chi connectivity index (χ0v) is 11.5. The van der Waals surface area contributed by atoms with Gasteiger partial charge in [-0.3, -0.25) is 0 Å². The molecule has 0 radical (unpaired) electrons. The van der Waals surface area contributed by atoms with Crippen molar-refractivity contribution in [3.63, 3.8) is 0 Å². The lowest BCUT2D eigenvalue weighted by Gasteiger charge is -2.12. The second-order valence-electron chi connectivity index (χ2n) is 4.27. The Balaban J connectivity index is 0. The van der Waals surface area contributed by atoms with Crippen LogP contribution < -0.4 is 0 Å². The first-order chi connectivity index (χ1) is 7.40. The molecular formula is C11H27N3O2. The van der Waals surface area contributed by atoms with Crippen LogP contribution in [0.5, 0.6) is 0 Å². The minimum Gasteiger partial charge on any atom is -0.411 e. The molecule has 5 nitrogen and oxygen atoms in total. The van der Waals surface area contributed by atoms with E-state index in [4.69, 9.17) is 9.94 Å². The Hall–Kier alpha value is -0.650. The van der Waals surface area contributed by atoms with Crippen molar-refractivity contribution in [2.75, 3.05) is 54.5 Å². The predicted molar refractivity (Wildman–Crippen MR) is 68.5 cm³/mol. The average molecular weight is 233 g/mol. The Morgan fingerprint density at radius 1 is 1.00 bits per heavy atom. The third-order valence-electron chi connectivity index (χ3n) is 1.57. The molecule has 5 heteroatoms. The lowest BCUT2D eigenvalue weighted by atomic mass is 10.5. The molecule has 0 heterocycles. The Labute approximate surface area is 99.7 Å². The molecular weight excluding hydrogens is 206 g/mol. The molecule has 1 N–H and O–H groups in total. The molecule has 0 amide bonds. The third kappa shape index (κ3) is 23.3. The Bertz CT molecular complexity index is 157. The summed E-state index contributed by atoms with van der Waals surface area (Å²) in [5, 5.41) is 10.5. The molecule has 0 saturated heterocycles. The number of hydrogen-bond donors (Lipinski definition) is 1. The lowest BCUT2D eigenvalue weighted by molar-refractivity contribution is 0.104. The van der Waals surface area contributed by atoms with E-state index in [9.17, 15) is 0 Å². The van der Waals surface area contributed by atoms with Crippen LogP contribution in [-0.4, -0.2) is 75.2 Å². The zero-order chi connectivity index (χ0) is 13.0. The van der Waals surface area contributed by atoms with Crippen molar-refractivity contribution in [3.05, 3.63) is 0 Å². The number of hydrogen-bond acceptors (Lipinski definition) is 5. The van der Waals surface area contributed by atoms with Crippen LogP contribution in [0.2, 0.25) is 0 Å². The summed E-state index contributed by atoms with van der Waals surface area (Å²) in [6.45, 7) is 7.13. The van der Waals surface area contributed by atoms with E-state index in [1.165, 1.54) is 0 Å². The van der Waals surface area contributed by atoms with Gasteiger partial charge in [-0.05, 0) is 42.0 Å². The van der Waals surface area contributed by atoms with Gasteiger partial charge in [0, 0.05) is 13.1 Å². The van der Waals surface area contributed by atoms with E-state index in [1.54, 1.807) is 13.8 Å². The van der Waals surface area contributed by atoms with E-state index < -0.39 is 0 Å². The maximum atomic E-state index is 7.73. The molecule has 0 spiro atoms. The van der Waals surface area contributed by atoms with Gasteiger partial charge in [0.15, 0.2) is 0 Å². The van der Waals surface area contributed by atoms with Gasteiger partial charge >= 0.3 is 0 Å². The van der Waals surface area contributed by atoms with E-state index in [0.717, 1.165) is 26.3 Å². The smallest absolute Gasteiger partial charge is 0.0593 e. The Morgan fingerprint density at radius 3 is 1.50 bits per heavy atom. The van der Waals surface area contributed by atoms with Crippen LogP contribution in [0.1, 0.15) is 13.8 Å². The minimum absolute atomic E-state index is 0.685. The van der Waals surface area contributed by atoms with Crippen molar-refractivity contribution in [3.8, 4) is 0 Å². The first kappa shape index (κ1) is 17.7. The van der Waals surface area contributed by atoms with Crippen molar-refractivity contribution in [2.45, 2.75) is 13.8 Å². The molecule has 0 bridgehead atoms. The molecule has 98 valence electrons. The summed E-state index contributed by atoms with van der Waals surface area (Å²) < 4.78 is 5.37. The zero-order valence-electron chi connectivity index (χ0n) is 11.5.